The number of nitrogens with one attached hydrogen (secondary N) is 2. The first-order valence-electron chi connectivity index (χ1n) is 7.96. The Morgan fingerprint density at radius 2 is 1.19 bits per heavy atom. The molecule has 6 heteroatoms. The summed E-state index contributed by atoms with van der Waals surface area (Å²) < 4.78 is 0. The fourth-order valence-electron chi connectivity index (χ4n) is 2.40. The Balaban J connectivity index is 1.78. The lowest BCUT2D eigenvalue weighted by Crippen LogP contribution is -2.17. The van der Waals surface area contributed by atoms with Gasteiger partial charge in [0.1, 0.15) is 0 Å². The maximum atomic E-state index is 12.4. The molecule has 0 spiro atoms. The number of carbonyl (C=O) groups excluding carboxylic acids is 2. The maximum Gasteiger partial charge on any atom is 0.255 e. The van der Waals surface area contributed by atoms with Gasteiger partial charge in [-0.3, -0.25) is 9.59 Å². The molecule has 0 radical (unpaired) electrons. The van der Waals surface area contributed by atoms with E-state index in [1.54, 1.807) is 72.8 Å². The number of rotatable bonds is 4. The van der Waals surface area contributed by atoms with E-state index in [9.17, 15) is 9.59 Å². The van der Waals surface area contributed by atoms with Crippen molar-refractivity contribution < 1.29 is 9.59 Å². The Kier molecular flexibility index (Phi) is 4.85. The van der Waals surface area contributed by atoms with Crippen molar-refractivity contribution in [1.29, 1.82) is 0 Å². The molecule has 0 aliphatic carbocycles. The smallest absolute Gasteiger partial charge is 0.255 e. The molecule has 6 nitrogen and oxygen atoms in total. The zero-order valence-corrected chi connectivity index (χ0v) is 13.9. The van der Waals surface area contributed by atoms with Crippen molar-refractivity contribution in [2.75, 3.05) is 22.1 Å². The zero-order chi connectivity index (χ0) is 18.5. The Hall–Kier alpha value is -3.80. The molecular formula is C20H18N4O2. The predicted molar refractivity (Wildman–Crippen MR) is 104 cm³/mol. The van der Waals surface area contributed by atoms with Gasteiger partial charge in [-0.2, -0.15) is 0 Å². The number of anilines is 4. The first-order valence-corrected chi connectivity index (χ1v) is 7.96. The Morgan fingerprint density at radius 1 is 0.615 bits per heavy atom. The highest BCUT2D eigenvalue weighted by atomic mass is 16.2. The van der Waals surface area contributed by atoms with Crippen molar-refractivity contribution in [3.05, 3.63) is 83.9 Å². The van der Waals surface area contributed by atoms with E-state index in [1.165, 1.54) is 0 Å². The summed E-state index contributed by atoms with van der Waals surface area (Å²) in [7, 11) is 0. The summed E-state index contributed by atoms with van der Waals surface area (Å²) in [5, 5.41) is 5.59. The molecular weight excluding hydrogens is 328 g/mol. The molecule has 0 heterocycles. The summed E-state index contributed by atoms with van der Waals surface area (Å²) in [6.07, 6.45) is 0. The lowest BCUT2D eigenvalue weighted by molar-refractivity contribution is 0.101. The predicted octanol–water partition coefficient (Wildman–Crippen LogP) is 3.36. The van der Waals surface area contributed by atoms with Gasteiger partial charge in [-0.15, -0.1) is 0 Å². The summed E-state index contributed by atoms with van der Waals surface area (Å²) >= 11 is 0. The van der Waals surface area contributed by atoms with E-state index in [0.29, 0.717) is 33.9 Å². The van der Waals surface area contributed by atoms with Crippen LogP contribution in [0.3, 0.4) is 0 Å². The number of amides is 2. The summed E-state index contributed by atoms with van der Waals surface area (Å²) in [6, 6.07) is 20.2. The molecule has 0 fully saturated rings. The summed E-state index contributed by atoms with van der Waals surface area (Å²) in [5.41, 5.74) is 14.3. The van der Waals surface area contributed by atoms with E-state index < -0.39 is 0 Å². The molecule has 3 aromatic carbocycles. The molecule has 0 bridgehead atoms. The Labute approximate surface area is 150 Å². The van der Waals surface area contributed by atoms with Gasteiger partial charge in [-0.05, 0) is 54.6 Å². The van der Waals surface area contributed by atoms with Crippen LogP contribution in [0.2, 0.25) is 0 Å². The van der Waals surface area contributed by atoms with Crippen molar-refractivity contribution >= 4 is 34.6 Å². The third-order valence-electron chi connectivity index (χ3n) is 3.75. The fraction of sp³-hybridized carbons (Fsp3) is 0. The number of nitrogen functional groups attached to an aromatic ring is 2. The minimum atomic E-state index is -0.313. The van der Waals surface area contributed by atoms with Gasteiger partial charge in [-0.25, -0.2) is 0 Å². The Bertz CT molecular complexity index is 952. The summed E-state index contributed by atoms with van der Waals surface area (Å²) in [5.74, 6) is -0.609. The third-order valence-corrected chi connectivity index (χ3v) is 3.75. The molecule has 0 aliphatic heterocycles. The molecule has 0 unspecified atom stereocenters. The van der Waals surface area contributed by atoms with E-state index in [-0.39, 0.29) is 11.8 Å². The van der Waals surface area contributed by atoms with E-state index in [0.717, 1.165) is 0 Å². The van der Waals surface area contributed by atoms with Gasteiger partial charge in [0, 0.05) is 22.5 Å². The van der Waals surface area contributed by atoms with E-state index in [2.05, 4.69) is 10.6 Å². The van der Waals surface area contributed by atoms with Crippen LogP contribution in [0.5, 0.6) is 0 Å². The van der Waals surface area contributed by atoms with Gasteiger partial charge in [0.2, 0.25) is 0 Å². The number of carbonyl (C=O) groups is 2. The second-order valence-corrected chi connectivity index (χ2v) is 5.70. The van der Waals surface area contributed by atoms with Gasteiger partial charge in [0.15, 0.2) is 0 Å². The number of benzene rings is 3. The number of para-hydroxylation sites is 2. The van der Waals surface area contributed by atoms with Gasteiger partial charge < -0.3 is 22.1 Å². The summed E-state index contributed by atoms with van der Waals surface area (Å²) in [6.45, 7) is 0. The van der Waals surface area contributed by atoms with Gasteiger partial charge >= 0.3 is 0 Å². The highest BCUT2D eigenvalue weighted by molar-refractivity contribution is 6.10. The van der Waals surface area contributed by atoms with Crippen LogP contribution in [-0.4, -0.2) is 11.8 Å². The minimum absolute atomic E-state index is 0.296. The standard InChI is InChI=1S/C20H18N4O2/c21-15-10-8-13(9-11-15)19(25)23-17-6-1-2-7-18(17)24-20(26)14-4-3-5-16(22)12-14/h1-12H,21-22H2,(H,23,25)(H,24,26). The topological polar surface area (TPSA) is 110 Å². The molecule has 6 N–H and O–H groups in total. The molecule has 2 amide bonds. The molecule has 3 aromatic rings. The van der Waals surface area contributed by atoms with E-state index >= 15 is 0 Å². The molecule has 3 rings (SSSR count). The lowest BCUT2D eigenvalue weighted by atomic mass is 10.1. The van der Waals surface area contributed by atoms with Crippen LogP contribution >= 0.6 is 0 Å². The molecule has 0 atom stereocenters. The van der Waals surface area contributed by atoms with Crippen LogP contribution in [0.25, 0.3) is 0 Å². The monoisotopic (exact) mass is 346 g/mol. The van der Waals surface area contributed by atoms with Crippen LogP contribution in [0.1, 0.15) is 20.7 Å². The first-order chi connectivity index (χ1) is 12.5. The average Bonchev–Trinajstić information content (AvgIpc) is 2.64. The normalized spacial score (nSPS) is 10.2. The highest BCUT2D eigenvalue weighted by Crippen LogP contribution is 2.23. The van der Waals surface area contributed by atoms with Gasteiger partial charge in [-0.1, -0.05) is 18.2 Å². The molecule has 0 saturated heterocycles. The van der Waals surface area contributed by atoms with Crippen molar-refractivity contribution in [3.63, 3.8) is 0 Å². The largest absolute Gasteiger partial charge is 0.399 e. The molecule has 130 valence electrons. The minimum Gasteiger partial charge on any atom is -0.399 e. The quantitative estimate of drug-likeness (QED) is 0.543. The number of hydrogen-bond acceptors (Lipinski definition) is 4. The van der Waals surface area contributed by atoms with Crippen LogP contribution in [0, 0.1) is 0 Å². The second kappa shape index (κ2) is 7.40. The van der Waals surface area contributed by atoms with Crippen molar-refractivity contribution in [1.82, 2.24) is 0 Å². The third kappa shape index (κ3) is 3.99. The molecule has 26 heavy (non-hydrogen) atoms. The van der Waals surface area contributed by atoms with Gasteiger partial charge in [0.25, 0.3) is 11.8 Å². The SMILES string of the molecule is Nc1ccc(C(=O)Nc2ccccc2NC(=O)c2cccc(N)c2)cc1. The Morgan fingerprint density at radius 3 is 1.77 bits per heavy atom. The molecule has 0 aliphatic rings. The van der Waals surface area contributed by atoms with Crippen molar-refractivity contribution in [2.45, 2.75) is 0 Å². The number of hydrogen-bond donors (Lipinski definition) is 4. The zero-order valence-electron chi connectivity index (χ0n) is 13.9. The van der Waals surface area contributed by atoms with Crippen LogP contribution in [0.15, 0.2) is 72.8 Å². The lowest BCUT2D eigenvalue weighted by Gasteiger charge is -2.12. The highest BCUT2D eigenvalue weighted by Gasteiger charge is 2.12. The van der Waals surface area contributed by atoms with Crippen molar-refractivity contribution in [2.24, 2.45) is 0 Å². The molecule has 0 aromatic heterocycles. The fourth-order valence-corrected chi connectivity index (χ4v) is 2.40. The average molecular weight is 346 g/mol. The summed E-state index contributed by atoms with van der Waals surface area (Å²) in [4.78, 5) is 24.8. The van der Waals surface area contributed by atoms with Crippen LogP contribution < -0.4 is 22.1 Å². The second-order valence-electron chi connectivity index (χ2n) is 5.70. The van der Waals surface area contributed by atoms with E-state index in [1.807, 2.05) is 0 Å². The van der Waals surface area contributed by atoms with Crippen molar-refractivity contribution in [3.8, 4) is 0 Å². The maximum absolute atomic E-state index is 12.4. The van der Waals surface area contributed by atoms with Crippen LogP contribution in [-0.2, 0) is 0 Å². The van der Waals surface area contributed by atoms with Gasteiger partial charge in [0.05, 0.1) is 11.4 Å². The first kappa shape index (κ1) is 17.0. The molecule has 0 saturated carbocycles. The van der Waals surface area contributed by atoms with Crippen LogP contribution in [0.4, 0.5) is 22.7 Å². The van der Waals surface area contributed by atoms with E-state index in [4.69, 9.17) is 11.5 Å². The number of nitrogens with two attached hydrogens (primary N) is 2.